The van der Waals surface area contributed by atoms with Crippen LogP contribution >= 0.6 is 34.8 Å². The molecule has 1 atom stereocenters. The summed E-state index contributed by atoms with van der Waals surface area (Å²) in [5.74, 6) is -1.06. The molecule has 0 saturated heterocycles. The first-order valence-electron chi connectivity index (χ1n) is 4.32. The second-order valence-electron chi connectivity index (χ2n) is 3.09. The molecule has 1 rings (SSSR count). The number of carbonyl (C=O) groups is 2. The molecule has 1 N–H and O–H groups in total. The summed E-state index contributed by atoms with van der Waals surface area (Å²) in [5.41, 5.74) is 0.325. The SMILES string of the molecule is CC(=O)C(Cl)C(=O)Nc1cc(Cl)ccc1Cl. The van der Waals surface area contributed by atoms with Crippen LogP contribution in [0.15, 0.2) is 18.2 Å². The van der Waals surface area contributed by atoms with Gasteiger partial charge in [-0.05, 0) is 25.1 Å². The van der Waals surface area contributed by atoms with Crippen molar-refractivity contribution in [1.82, 2.24) is 0 Å². The minimum absolute atomic E-state index is 0.324. The summed E-state index contributed by atoms with van der Waals surface area (Å²) in [6, 6.07) is 4.60. The van der Waals surface area contributed by atoms with E-state index in [0.29, 0.717) is 15.7 Å². The fourth-order valence-corrected chi connectivity index (χ4v) is 1.37. The van der Waals surface area contributed by atoms with Crippen LogP contribution in [-0.4, -0.2) is 17.1 Å². The zero-order chi connectivity index (χ0) is 12.3. The smallest absolute Gasteiger partial charge is 0.250 e. The third kappa shape index (κ3) is 3.37. The van der Waals surface area contributed by atoms with Crippen molar-refractivity contribution in [2.75, 3.05) is 5.32 Å². The second-order valence-corrected chi connectivity index (χ2v) is 4.37. The van der Waals surface area contributed by atoms with Crippen LogP contribution in [0.25, 0.3) is 0 Å². The van der Waals surface area contributed by atoms with Crippen LogP contribution in [0.4, 0.5) is 5.69 Å². The van der Waals surface area contributed by atoms with E-state index in [9.17, 15) is 9.59 Å². The Kier molecular flexibility index (Phi) is 4.59. The zero-order valence-corrected chi connectivity index (χ0v) is 10.5. The van der Waals surface area contributed by atoms with Gasteiger partial charge in [0.25, 0.3) is 0 Å². The van der Waals surface area contributed by atoms with Gasteiger partial charge in [0, 0.05) is 5.02 Å². The van der Waals surface area contributed by atoms with Gasteiger partial charge in [0.2, 0.25) is 5.91 Å². The Labute approximate surface area is 108 Å². The van der Waals surface area contributed by atoms with Crippen LogP contribution in [0.2, 0.25) is 10.0 Å². The van der Waals surface area contributed by atoms with E-state index in [2.05, 4.69) is 5.32 Å². The first-order valence-corrected chi connectivity index (χ1v) is 5.51. The monoisotopic (exact) mass is 279 g/mol. The maximum absolute atomic E-state index is 11.5. The van der Waals surface area contributed by atoms with Gasteiger partial charge in [-0.3, -0.25) is 9.59 Å². The summed E-state index contributed by atoms with van der Waals surface area (Å²) >= 11 is 17.1. The number of nitrogens with one attached hydrogen (secondary N) is 1. The van der Waals surface area contributed by atoms with E-state index >= 15 is 0 Å². The summed E-state index contributed by atoms with van der Waals surface area (Å²) < 4.78 is 0. The average molecular weight is 281 g/mol. The van der Waals surface area contributed by atoms with Crippen molar-refractivity contribution in [3.63, 3.8) is 0 Å². The zero-order valence-electron chi connectivity index (χ0n) is 8.26. The van der Waals surface area contributed by atoms with Crippen LogP contribution in [0.3, 0.4) is 0 Å². The summed E-state index contributed by atoms with van der Waals surface area (Å²) in [5, 5.41) is 1.95. The van der Waals surface area contributed by atoms with Crippen LogP contribution < -0.4 is 5.32 Å². The molecule has 0 radical (unpaired) electrons. The van der Waals surface area contributed by atoms with Crippen molar-refractivity contribution >= 4 is 52.2 Å². The predicted octanol–water partition coefficient (Wildman–Crippen LogP) is 3.13. The highest BCUT2D eigenvalue weighted by molar-refractivity contribution is 6.43. The molecule has 0 spiro atoms. The van der Waals surface area contributed by atoms with Gasteiger partial charge in [0.05, 0.1) is 10.7 Å². The molecule has 0 aliphatic rings. The molecule has 1 unspecified atom stereocenters. The first kappa shape index (κ1) is 13.3. The summed E-state index contributed by atoms with van der Waals surface area (Å²) in [6.07, 6.45) is 0. The fourth-order valence-electron chi connectivity index (χ4n) is 0.974. The standard InChI is InChI=1S/C10H8Cl3NO2/c1-5(15)9(13)10(16)14-8-4-6(11)2-3-7(8)12/h2-4,9H,1H3,(H,14,16). The van der Waals surface area contributed by atoms with Crippen molar-refractivity contribution in [2.45, 2.75) is 12.3 Å². The number of rotatable bonds is 3. The van der Waals surface area contributed by atoms with Gasteiger partial charge in [-0.2, -0.15) is 0 Å². The minimum atomic E-state index is -1.23. The van der Waals surface area contributed by atoms with Crippen molar-refractivity contribution in [2.24, 2.45) is 0 Å². The maximum atomic E-state index is 11.5. The quantitative estimate of drug-likeness (QED) is 0.683. The minimum Gasteiger partial charge on any atom is -0.323 e. The summed E-state index contributed by atoms with van der Waals surface area (Å²) in [7, 11) is 0. The number of amides is 1. The lowest BCUT2D eigenvalue weighted by Gasteiger charge is -2.09. The van der Waals surface area contributed by atoms with Gasteiger partial charge in [-0.15, -0.1) is 11.6 Å². The Balaban J connectivity index is 2.84. The second kappa shape index (κ2) is 5.53. The van der Waals surface area contributed by atoms with Crippen molar-refractivity contribution in [3.05, 3.63) is 28.2 Å². The Morgan fingerprint density at radius 2 is 1.94 bits per heavy atom. The van der Waals surface area contributed by atoms with Crippen molar-refractivity contribution in [1.29, 1.82) is 0 Å². The highest BCUT2D eigenvalue weighted by Crippen LogP contribution is 2.25. The fraction of sp³-hybridized carbons (Fsp3) is 0.200. The number of carbonyl (C=O) groups excluding carboxylic acids is 2. The molecule has 0 saturated carbocycles. The first-order chi connectivity index (χ1) is 7.41. The van der Waals surface area contributed by atoms with Gasteiger partial charge in [-0.1, -0.05) is 23.2 Å². The molecule has 86 valence electrons. The molecular formula is C10H8Cl3NO2. The molecule has 0 heterocycles. The van der Waals surface area contributed by atoms with E-state index in [1.807, 2.05) is 0 Å². The molecule has 0 aromatic heterocycles. The van der Waals surface area contributed by atoms with E-state index in [4.69, 9.17) is 34.8 Å². The predicted molar refractivity (Wildman–Crippen MR) is 65.4 cm³/mol. The number of anilines is 1. The summed E-state index contributed by atoms with van der Waals surface area (Å²) in [6.45, 7) is 1.23. The largest absolute Gasteiger partial charge is 0.323 e. The third-order valence-corrected chi connectivity index (χ3v) is 2.84. The number of ketones is 1. The van der Waals surface area contributed by atoms with E-state index < -0.39 is 17.1 Å². The number of Topliss-reactive ketones (excluding diaryl/α,β-unsaturated/α-hetero) is 1. The van der Waals surface area contributed by atoms with Gasteiger partial charge >= 0.3 is 0 Å². The van der Waals surface area contributed by atoms with E-state index in [-0.39, 0.29) is 0 Å². The molecule has 1 aromatic rings. The van der Waals surface area contributed by atoms with Crippen LogP contribution in [0, 0.1) is 0 Å². The topological polar surface area (TPSA) is 46.2 Å². The lowest BCUT2D eigenvalue weighted by Crippen LogP contribution is -2.28. The third-order valence-electron chi connectivity index (χ3n) is 1.77. The highest BCUT2D eigenvalue weighted by atomic mass is 35.5. The molecule has 0 fully saturated rings. The van der Waals surface area contributed by atoms with Gasteiger partial charge in [-0.25, -0.2) is 0 Å². The van der Waals surface area contributed by atoms with E-state index in [1.54, 1.807) is 6.07 Å². The number of hydrogen-bond acceptors (Lipinski definition) is 2. The normalized spacial score (nSPS) is 12.0. The number of halogens is 3. The van der Waals surface area contributed by atoms with Crippen LogP contribution in [-0.2, 0) is 9.59 Å². The van der Waals surface area contributed by atoms with E-state index in [1.165, 1.54) is 19.1 Å². The van der Waals surface area contributed by atoms with Crippen molar-refractivity contribution in [3.8, 4) is 0 Å². The Bertz CT molecular complexity index is 434. The average Bonchev–Trinajstić information content (AvgIpc) is 2.22. The molecule has 16 heavy (non-hydrogen) atoms. The van der Waals surface area contributed by atoms with Crippen LogP contribution in [0.1, 0.15) is 6.92 Å². The molecule has 1 amide bonds. The molecular weight excluding hydrogens is 272 g/mol. The molecule has 1 aromatic carbocycles. The molecule has 0 aliphatic carbocycles. The van der Waals surface area contributed by atoms with Crippen LogP contribution in [0.5, 0.6) is 0 Å². The molecule has 6 heteroatoms. The van der Waals surface area contributed by atoms with E-state index in [0.717, 1.165) is 0 Å². The Hall–Kier alpha value is -0.770. The lowest BCUT2D eigenvalue weighted by atomic mass is 10.2. The maximum Gasteiger partial charge on any atom is 0.250 e. The highest BCUT2D eigenvalue weighted by Gasteiger charge is 2.20. The molecule has 3 nitrogen and oxygen atoms in total. The number of hydrogen-bond donors (Lipinski definition) is 1. The number of alkyl halides is 1. The summed E-state index contributed by atoms with van der Waals surface area (Å²) in [4.78, 5) is 22.3. The van der Waals surface area contributed by atoms with Gasteiger partial charge in [0.1, 0.15) is 0 Å². The van der Waals surface area contributed by atoms with Gasteiger partial charge < -0.3 is 5.32 Å². The molecule has 0 aliphatic heterocycles. The Morgan fingerprint density at radius 1 is 1.31 bits per heavy atom. The lowest BCUT2D eigenvalue weighted by molar-refractivity contribution is -0.123. The van der Waals surface area contributed by atoms with Crippen molar-refractivity contribution < 1.29 is 9.59 Å². The van der Waals surface area contributed by atoms with Gasteiger partial charge in [0.15, 0.2) is 11.2 Å². The Morgan fingerprint density at radius 3 is 2.50 bits per heavy atom. The molecule has 0 bridgehead atoms. The number of benzene rings is 1.